The van der Waals surface area contributed by atoms with Gasteiger partial charge in [0.1, 0.15) is 5.75 Å². The Balaban J connectivity index is 1.44. The zero-order valence-electron chi connectivity index (χ0n) is 15.8. The summed E-state index contributed by atoms with van der Waals surface area (Å²) >= 11 is 0. The van der Waals surface area contributed by atoms with Gasteiger partial charge in [-0.25, -0.2) is 4.98 Å². The van der Waals surface area contributed by atoms with E-state index in [0.29, 0.717) is 31.6 Å². The number of aromatic nitrogens is 3. The van der Waals surface area contributed by atoms with E-state index in [4.69, 9.17) is 4.74 Å². The number of aliphatic hydroxyl groups is 1. The van der Waals surface area contributed by atoms with Crippen molar-refractivity contribution in [3.05, 3.63) is 54.6 Å². The number of rotatable bonds is 7. The number of pyridine rings is 1. The minimum absolute atomic E-state index is 0.0352. The van der Waals surface area contributed by atoms with Gasteiger partial charge in [0.25, 0.3) is 0 Å². The van der Waals surface area contributed by atoms with Crippen molar-refractivity contribution in [2.45, 2.75) is 38.0 Å². The Morgan fingerprint density at radius 3 is 2.96 bits per heavy atom. The molecule has 0 unspecified atom stereocenters. The fraction of sp³-hybridized carbons (Fsp3) is 0.381. The van der Waals surface area contributed by atoms with Gasteiger partial charge in [-0.2, -0.15) is 0 Å². The number of nitrogens with zero attached hydrogens (tertiary/aromatic N) is 3. The monoisotopic (exact) mass is 380 g/mol. The maximum absolute atomic E-state index is 12.7. The Labute approximate surface area is 163 Å². The average Bonchev–Trinajstić information content (AvgIpc) is 3.11. The highest BCUT2D eigenvalue weighted by molar-refractivity contribution is 5.78. The Kier molecular flexibility index (Phi) is 5.25. The van der Waals surface area contributed by atoms with Crippen LogP contribution in [0.15, 0.2) is 49.1 Å². The van der Waals surface area contributed by atoms with Crippen molar-refractivity contribution in [2.24, 2.45) is 5.92 Å². The fourth-order valence-corrected chi connectivity index (χ4v) is 3.75. The van der Waals surface area contributed by atoms with Gasteiger partial charge in [-0.05, 0) is 42.5 Å². The fourth-order valence-electron chi connectivity index (χ4n) is 3.75. The van der Waals surface area contributed by atoms with E-state index in [-0.39, 0.29) is 24.0 Å². The second-order valence-electron chi connectivity index (χ2n) is 7.27. The first-order valence-electron chi connectivity index (χ1n) is 9.50. The zero-order chi connectivity index (χ0) is 19.5. The van der Waals surface area contributed by atoms with Crippen LogP contribution in [0.1, 0.15) is 30.9 Å². The van der Waals surface area contributed by atoms with Crippen molar-refractivity contribution in [1.29, 1.82) is 0 Å². The summed E-state index contributed by atoms with van der Waals surface area (Å²) in [5, 5.41) is 12.9. The van der Waals surface area contributed by atoms with Gasteiger partial charge in [-0.15, -0.1) is 0 Å². The third-order valence-corrected chi connectivity index (χ3v) is 5.37. The number of amides is 1. The molecule has 1 aliphatic carbocycles. The SMILES string of the molecule is COc1cncc([C@H](NC(=O)CCn2cnc3ccccc32)C2CC(O)C2)c1. The molecule has 1 amide bonds. The summed E-state index contributed by atoms with van der Waals surface area (Å²) < 4.78 is 7.26. The normalized spacial score (nSPS) is 19.8. The van der Waals surface area contributed by atoms with E-state index >= 15 is 0 Å². The van der Waals surface area contributed by atoms with Crippen LogP contribution >= 0.6 is 0 Å². The number of methoxy groups -OCH3 is 1. The molecule has 0 spiro atoms. The number of fused-ring (bicyclic) bond motifs is 1. The Morgan fingerprint density at radius 1 is 1.36 bits per heavy atom. The van der Waals surface area contributed by atoms with E-state index in [0.717, 1.165) is 16.6 Å². The summed E-state index contributed by atoms with van der Waals surface area (Å²) in [6, 6.07) is 9.59. The molecule has 2 aromatic heterocycles. The van der Waals surface area contributed by atoms with Crippen LogP contribution in [0.2, 0.25) is 0 Å². The van der Waals surface area contributed by atoms with E-state index in [1.165, 1.54) is 0 Å². The van der Waals surface area contributed by atoms with Crippen molar-refractivity contribution in [1.82, 2.24) is 19.9 Å². The van der Waals surface area contributed by atoms with Gasteiger partial charge >= 0.3 is 0 Å². The lowest BCUT2D eigenvalue weighted by Crippen LogP contribution is -2.41. The van der Waals surface area contributed by atoms with E-state index in [1.807, 2.05) is 34.9 Å². The average molecular weight is 380 g/mol. The summed E-state index contributed by atoms with van der Waals surface area (Å²) in [4.78, 5) is 21.3. The van der Waals surface area contributed by atoms with Gasteiger partial charge in [0.15, 0.2) is 0 Å². The third kappa shape index (κ3) is 3.84. The molecule has 1 aromatic carbocycles. The summed E-state index contributed by atoms with van der Waals surface area (Å²) in [6.45, 7) is 0.558. The highest BCUT2D eigenvalue weighted by Crippen LogP contribution is 2.38. The number of benzene rings is 1. The van der Waals surface area contributed by atoms with Gasteiger partial charge in [0, 0.05) is 19.2 Å². The van der Waals surface area contributed by atoms with Crippen LogP contribution in [0, 0.1) is 5.92 Å². The second-order valence-corrected chi connectivity index (χ2v) is 7.27. The molecule has 7 heteroatoms. The number of ether oxygens (including phenoxy) is 1. The minimum Gasteiger partial charge on any atom is -0.495 e. The van der Waals surface area contributed by atoms with E-state index in [9.17, 15) is 9.90 Å². The summed E-state index contributed by atoms with van der Waals surface area (Å²) in [6.07, 6.45) is 6.57. The molecular formula is C21H24N4O3. The van der Waals surface area contributed by atoms with Gasteiger partial charge < -0.3 is 19.7 Å². The van der Waals surface area contributed by atoms with Crippen molar-refractivity contribution in [3.63, 3.8) is 0 Å². The molecule has 3 aromatic rings. The topological polar surface area (TPSA) is 89.3 Å². The molecule has 2 heterocycles. The van der Waals surface area contributed by atoms with Crippen molar-refractivity contribution in [2.75, 3.05) is 7.11 Å². The van der Waals surface area contributed by atoms with Crippen LogP contribution in [0.4, 0.5) is 0 Å². The first kappa shape index (κ1) is 18.4. The molecule has 1 aliphatic rings. The Morgan fingerprint density at radius 2 is 2.18 bits per heavy atom. The van der Waals surface area contributed by atoms with Crippen LogP contribution in [-0.2, 0) is 11.3 Å². The van der Waals surface area contributed by atoms with Gasteiger partial charge in [-0.3, -0.25) is 9.78 Å². The summed E-state index contributed by atoms with van der Waals surface area (Å²) in [5.41, 5.74) is 2.84. The maximum atomic E-state index is 12.7. The lowest BCUT2D eigenvalue weighted by molar-refractivity contribution is -0.123. The molecule has 0 aliphatic heterocycles. The number of aliphatic hydroxyl groups excluding tert-OH is 1. The van der Waals surface area contributed by atoms with Crippen LogP contribution < -0.4 is 10.1 Å². The number of aryl methyl sites for hydroxylation is 1. The molecular weight excluding hydrogens is 356 g/mol. The molecule has 4 rings (SSSR count). The van der Waals surface area contributed by atoms with Gasteiger partial charge in [-0.1, -0.05) is 12.1 Å². The number of para-hydroxylation sites is 2. The number of hydrogen-bond donors (Lipinski definition) is 2. The molecule has 28 heavy (non-hydrogen) atoms. The molecule has 2 N–H and O–H groups in total. The first-order chi connectivity index (χ1) is 13.6. The van der Waals surface area contributed by atoms with Crippen molar-refractivity contribution < 1.29 is 14.6 Å². The molecule has 0 bridgehead atoms. The molecule has 1 saturated carbocycles. The zero-order valence-corrected chi connectivity index (χ0v) is 15.8. The number of carbonyl (C=O) groups is 1. The van der Waals surface area contributed by atoms with Crippen LogP contribution in [0.3, 0.4) is 0 Å². The smallest absolute Gasteiger partial charge is 0.222 e. The quantitative estimate of drug-likeness (QED) is 0.657. The third-order valence-electron chi connectivity index (χ3n) is 5.37. The predicted molar refractivity (Wildman–Crippen MR) is 105 cm³/mol. The van der Waals surface area contributed by atoms with Crippen molar-refractivity contribution >= 4 is 16.9 Å². The lowest BCUT2D eigenvalue weighted by atomic mass is 9.75. The van der Waals surface area contributed by atoms with Gasteiger partial charge in [0.05, 0.1) is 42.8 Å². The number of hydrogen-bond acceptors (Lipinski definition) is 5. The molecule has 1 atom stereocenters. The highest BCUT2D eigenvalue weighted by atomic mass is 16.5. The summed E-state index contributed by atoms with van der Waals surface area (Å²) in [7, 11) is 1.59. The first-order valence-corrected chi connectivity index (χ1v) is 9.50. The lowest BCUT2D eigenvalue weighted by Gasteiger charge is -2.38. The minimum atomic E-state index is -0.291. The molecule has 7 nitrogen and oxygen atoms in total. The maximum Gasteiger partial charge on any atom is 0.222 e. The number of carbonyl (C=O) groups excluding carboxylic acids is 1. The predicted octanol–water partition coefficient (Wildman–Crippen LogP) is 2.46. The van der Waals surface area contributed by atoms with E-state index in [2.05, 4.69) is 15.3 Å². The number of imidazole rings is 1. The number of nitrogens with one attached hydrogen (secondary N) is 1. The highest BCUT2D eigenvalue weighted by Gasteiger charge is 2.36. The Bertz CT molecular complexity index is 965. The molecule has 146 valence electrons. The second kappa shape index (κ2) is 7.98. The van der Waals surface area contributed by atoms with Gasteiger partial charge in [0.2, 0.25) is 5.91 Å². The van der Waals surface area contributed by atoms with Crippen LogP contribution in [0.25, 0.3) is 11.0 Å². The van der Waals surface area contributed by atoms with Crippen LogP contribution in [0.5, 0.6) is 5.75 Å². The largest absolute Gasteiger partial charge is 0.495 e. The molecule has 0 saturated heterocycles. The van der Waals surface area contributed by atoms with Crippen molar-refractivity contribution in [3.8, 4) is 5.75 Å². The van der Waals surface area contributed by atoms with Crippen LogP contribution in [-0.4, -0.2) is 38.8 Å². The Hall–Kier alpha value is -2.93. The van der Waals surface area contributed by atoms with E-state index in [1.54, 1.807) is 25.8 Å². The van der Waals surface area contributed by atoms with E-state index < -0.39 is 0 Å². The summed E-state index contributed by atoms with van der Waals surface area (Å²) in [5.74, 6) is 0.815. The molecule has 1 fully saturated rings. The standard InChI is InChI=1S/C21H24N4O3/c1-28-17-10-15(11-22-12-17)21(14-8-16(26)9-14)24-20(27)6-7-25-13-23-18-4-2-3-5-19(18)25/h2-5,10-14,16,21,26H,6-9H2,1H3,(H,24,27)/t14?,16?,21-/m1/s1. The molecule has 0 radical (unpaired) electrons.